The number of carbonyl (C=O) groups is 1. The number of nitrogens with one attached hydrogen (secondary N) is 1. The first-order valence-electron chi connectivity index (χ1n) is 5.56. The lowest BCUT2D eigenvalue weighted by molar-refractivity contribution is 0.0919. The molecular formula is C13H11F2NO3. The van der Waals surface area contributed by atoms with Gasteiger partial charge in [-0.1, -0.05) is 0 Å². The van der Waals surface area contributed by atoms with Crippen LogP contribution in [0.25, 0.3) is 0 Å². The Morgan fingerprint density at radius 1 is 1.26 bits per heavy atom. The molecule has 0 fully saturated rings. The highest BCUT2D eigenvalue weighted by Gasteiger charge is 2.07. The van der Waals surface area contributed by atoms with Crippen LogP contribution in [-0.4, -0.2) is 19.1 Å². The van der Waals surface area contributed by atoms with E-state index < -0.39 is 11.6 Å². The zero-order chi connectivity index (χ0) is 13.7. The maximum atomic E-state index is 12.9. The fourth-order valence-corrected chi connectivity index (χ4v) is 1.39. The van der Waals surface area contributed by atoms with Crippen molar-refractivity contribution >= 4 is 5.91 Å². The smallest absolute Gasteiger partial charge is 0.287 e. The molecule has 19 heavy (non-hydrogen) atoms. The van der Waals surface area contributed by atoms with Gasteiger partial charge in [0.1, 0.15) is 12.4 Å². The largest absolute Gasteiger partial charge is 0.492 e. The van der Waals surface area contributed by atoms with E-state index in [1.807, 2.05) is 0 Å². The van der Waals surface area contributed by atoms with E-state index in [0.717, 1.165) is 12.1 Å². The van der Waals surface area contributed by atoms with Crippen LogP contribution in [0.3, 0.4) is 0 Å². The van der Waals surface area contributed by atoms with Gasteiger partial charge in [-0.25, -0.2) is 8.78 Å². The van der Waals surface area contributed by atoms with Gasteiger partial charge < -0.3 is 14.5 Å². The molecule has 2 rings (SSSR count). The maximum absolute atomic E-state index is 12.9. The summed E-state index contributed by atoms with van der Waals surface area (Å²) in [6.45, 7) is 0.357. The molecule has 1 amide bonds. The predicted molar refractivity (Wildman–Crippen MR) is 62.9 cm³/mol. The Kier molecular flexibility index (Phi) is 4.12. The summed E-state index contributed by atoms with van der Waals surface area (Å²) in [5.74, 6) is -1.87. The summed E-state index contributed by atoms with van der Waals surface area (Å²) in [4.78, 5) is 11.4. The van der Waals surface area contributed by atoms with E-state index in [1.165, 1.54) is 18.4 Å². The van der Waals surface area contributed by atoms with Crippen LogP contribution < -0.4 is 10.1 Å². The van der Waals surface area contributed by atoms with Crippen LogP contribution >= 0.6 is 0 Å². The maximum Gasteiger partial charge on any atom is 0.287 e. The van der Waals surface area contributed by atoms with Gasteiger partial charge >= 0.3 is 0 Å². The third kappa shape index (κ3) is 3.54. The molecule has 0 spiro atoms. The Bertz CT molecular complexity index is 555. The molecule has 0 bridgehead atoms. The number of halogens is 2. The number of ether oxygens (including phenoxy) is 1. The van der Waals surface area contributed by atoms with Gasteiger partial charge in [-0.3, -0.25) is 4.79 Å². The summed E-state index contributed by atoms with van der Waals surface area (Å²) in [6, 6.07) is 6.38. The second-order valence-electron chi connectivity index (χ2n) is 3.66. The van der Waals surface area contributed by atoms with Crippen LogP contribution in [0.2, 0.25) is 0 Å². The molecule has 0 saturated heterocycles. The molecule has 0 radical (unpaired) electrons. The van der Waals surface area contributed by atoms with Crippen LogP contribution in [-0.2, 0) is 0 Å². The molecule has 0 unspecified atom stereocenters. The summed E-state index contributed by atoms with van der Waals surface area (Å²) in [5, 5.41) is 2.56. The highest BCUT2D eigenvalue weighted by atomic mass is 19.2. The Morgan fingerprint density at radius 3 is 2.79 bits per heavy atom. The summed E-state index contributed by atoms with van der Waals surface area (Å²) in [7, 11) is 0. The molecule has 1 aromatic heterocycles. The second-order valence-corrected chi connectivity index (χ2v) is 3.66. The van der Waals surface area contributed by atoms with Crippen LogP contribution in [0.4, 0.5) is 8.78 Å². The van der Waals surface area contributed by atoms with Crippen molar-refractivity contribution < 1.29 is 22.7 Å². The van der Waals surface area contributed by atoms with Gasteiger partial charge in [0, 0.05) is 6.07 Å². The minimum Gasteiger partial charge on any atom is -0.492 e. The number of hydrogen-bond acceptors (Lipinski definition) is 3. The summed E-state index contributed by atoms with van der Waals surface area (Å²) in [5.41, 5.74) is 0. The predicted octanol–water partition coefficient (Wildman–Crippen LogP) is 2.37. The van der Waals surface area contributed by atoms with Crippen LogP contribution in [0.1, 0.15) is 10.6 Å². The van der Waals surface area contributed by atoms with E-state index in [-0.39, 0.29) is 30.6 Å². The number of amides is 1. The van der Waals surface area contributed by atoms with Crippen LogP contribution in [0.15, 0.2) is 41.0 Å². The average Bonchev–Trinajstić information content (AvgIpc) is 2.92. The molecule has 0 atom stereocenters. The van der Waals surface area contributed by atoms with Crippen molar-refractivity contribution in [1.29, 1.82) is 0 Å². The normalized spacial score (nSPS) is 10.2. The highest BCUT2D eigenvalue weighted by Crippen LogP contribution is 2.14. The van der Waals surface area contributed by atoms with Crippen molar-refractivity contribution in [2.45, 2.75) is 0 Å². The molecule has 1 aromatic carbocycles. The fourth-order valence-electron chi connectivity index (χ4n) is 1.39. The summed E-state index contributed by atoms with van der Waals surface area (Å²) in [6.07, 6.45) is 1.40. The quantitative estimate of drug-likeness (QED) is 0.846. The van der Waals surface area contributed by atoms with Crippen LogP contribution in [0.5, 0.6) is 5.75 Å². The number of furan rings is 1. The first kappa shape index (κ1) is 13.1. The molecule has 0 saturated carbocycles. The SMILES string of the molecule is O=C(NCCOc1ccc(F)c(F)c1)c1ccco1. The molecule has 1 N–H and O–H groups in total. The molecule has 6 heteroatoms. The monoisotopic (exact) mass is 267 g/mol. The second kappa shape index (κ2) is 5.99. The zero-order valence-corrected chi connectivity index (χ0v) is 9.86. The first-order chi connectivity index (χ1) is 9.16. The summed E-state index contributed by atoms with van der Waals surface area (Å²) >= 11 is 0. The van der Waals surface area contributed by atoms with E-state index in [0.29, 0.717) is 0 Å². The summed E-state index contributed by atoms with van der Waals surface area (Å²) < 4.78 is 35.6. The molecule has 0 aliphatic heterocycles. The van der Waals surface area contributed by atoms with Crippen molar-refractivity contribution in [3.63, 3.8) is 0 Å². The topological polar surface area (TPSA) is 51.5 Å². The van der Waals surface area contributed by atoms with Gasteiger partial charge in [-0.05, 0) is 24.3 Å². The lowest BCUT2D eigenvalue weighted by Gasteiger charge is -2.07. The number of benzene rings is 1. The Labute approximate surface area is 108 Å². The van der Waals surface area contributed by atoms with Crippen molar-refractivity contribution in [1.82, 2.24) is 5.32 Å². The minimum absolute atomic E-state index is 0.136. The molecule has 0 aliphatic carbocycles. The molecule has 4 nitrogen and oxygen atoms in total. The number of rotatable bonds is 5. The van der Waals surface area contributed by atoms with E-state index in [9.17, 15) is 13.6 Å². The first-order valence-corrected chi connectivity index (χ1v) is 5.56. The van der Waals surface area contributed by atoms with Gasteiger partial charge in [0.05, 0.1) is 12.8 Å². The van der Waals surface area contributed by atoms with E-state index in [1.54, 1.807) is 6.07 Å². The third-order valence-corrected chi connectivity index (χ3v) is 2.29. The van der Waals surface area contributed by atoms with Gasteiger partial charge in [-0.2, -0.15) is 0 Å². The molecule has 2 aromatic rings. The standard InChI is InChI=1S/C13H11F2NO3/c14-10-4-3-9(8-11(10)15)18-7-5-16-13(17)12-2-1-6-19-12/h1-4,6,8H,5,7H2,(H,16,17). The van der Waals surface area contributed by atoms with Gasteiger partial charge in [0.15, 0.2) is 17.4 Å². The number of hydrogen-bond donors (Lipinski definition) is 1. The van der Waals surface area contributed by atoms with Crippen molar-refractivity contribution in [2.75, 3.05) is 13.2 Å². The van der Waals surface area contributed by atoms with E-state index in [4.69, 9.17) is 9.15 Å². The van der Waals surface area contributed by atoms with E-state index >= 15 is 0 Å². The molecule has 1 heterocycles. The lowest BCUT2D eigenvalue weighted by Crippen LogP contribution is -2.27. The van der Waals surface area contributed by atoms with Gasteiger partial charge in [-0.15, -0.1) is 0 Å². The van der Waals surface area contributed by atoms with Gasteiger partial charge in [0.25, 0.3) is 5.91 Å². The Morgan fingerprint density at radius 2 is 2.11 bits per heavy atom. The van der Waals surface area contributed by atoms with Gasteiger partial charge in [0.2, 0.25) is 0 Å². The molecule has 100 valence electrons. The molecular weight excluding hydrogens is 256 g/mol. The zero-order valence-electron chi connectivity index (χ0n) is 9.86. The van der Waals surface area contributed by atoms with Crippen LogP contribution in [0, 0.1) is 11.6 Å². The minimum atomic E-state index is -0.975. The van der Waals surface area contributed by atoms with Crippen molar-refractivity contribution in [3.05, 3.63) is 54.0 Å². The fraction of sp³-hybridized carbons (Fsp3) is 0.154. The number of carbonyl (C=O) groups excluding carboxylic acids is 1. The Balaban J connectivity index is 1.75. The van der Waals surface area contributed by atoms with Crippen molar-refractivity contribution in [3.8, 4) is 5.75 Å². The average molecular weight is 267 g/mol. The third-order valence-electron chi connectivity index (χ3n) is 2.29. The lowest BCUT2D eigenvalue weighted by atomic mass is 10.3. The Hall–Kier alpha value is -2.37. The van der Waals surface area contributed by atoms with E-state index in [2.05, 4.69) is 5.32 Å². The highest BCUT2D eigenvalue weighted by molar-refractivity contribution is 5.91. The van der Waals surface area contributed by atoms with Crippen molar-refractivity contribution in [2.24, 2.45) is 0 Å². The molecule has 0 aliphatic rings.